The maximum Gasteiger partial charge on any atom is 0.433 e. The zero-order valence-corrected chi connectivity index (χ0v) is 12.5. The van der Waals surface area contributed by atoms with Crippen LogP contribution in [-0.2, 0) is 6.18 Å². The second kappa shape index (κ2) is 5.32. The maximum absolute atomic E-state index is 12.5. The molecule has 23 heavy (non-hydrogen) atoms. The summed E-state index contributed by atoms with van der Waals surface area (Å²) in [5.74, 6) is 1.10. The highest BCUT2D eigenvalue weighted by molar-refractivity contribution is 5.94. The lowest BCUT2D eigenvalue weighted by molar-refractivity contribution is -0.141. The van der Waals surface area contributed by atoms with Gasteiger partial charge >= 0.3 is 6.18 Å². The Morgan fingerprint density at radius 3 is 2.43 bits per heavy atom. The molecule has 1 amide bonds. The first-order valence-corrected chi connectivity index (χ1v) is 6.98. The second-order valence-electron chi connectivity index (χ2n) is 5.44. The van der Waals surface area contributed by atoms with Gasteiger partial charge in [0.25, 0.3) is 5.91 Å². The average molecular weight is 325 g/mol. The van der Waals surface area contributed by atoms with E-state index in [0.717, 1.165) is 24.2 Å². The van der Waals surface area contributed by atoms with Gasteiger partial charge in [0.05, 0.1) is 11.6 Å². The van der Waals surface area contributed by atoms with Gasteiger partial charge in [-0.1, -0.05) is 0 Å². The Morgan fingerprint density at radius 2 is 1.96 bits per heavy atom. The van der Waals surface area contributed by atoms with Gasteiger partial charge in [-0.15, -0.1) is 0 Å². The number of alkyl halides is 3. The third-order valence-corrected chi connectivity index (χ3v) is 3.70. The summed E-state index contributed by atoms with van der Waals surface area (Å²) in [5, 5.41) is 4.27. The molecule has 0 radical (unpaired) electrons. The molecule has 0 aromatic carbocycles. The van der Waals surface area contributed by atoms with Crippen molar-refractivity contribution in [3.63, 3.8) is 0 Å². The highest BCUT2D eigenvalue weighted by Gasteiger charge is 2.35. The number of carbonyl (C=O) groups is 1. The minimum Gasteiger partial charge on any atom is -0.334 e. The molecule has 1 aliphatic rings. The van der Waals surface area contributed by atoms with Crippen LogP contribution in [-0.4, -0.2) is 43.6 Å². The summed E-state index contributed by atoms with van der Waals surface area (Å²) in [5.41, 5.74) is -0.868. The number of likely N-dealkylation sites (tertiary alicyclic amines) is 1. The van der Waals surface area contributed by atoms with E-state index in [1.807, 2.05) is 6.92 Å². The minimum absolute atomic E-state index is 0.0440. The van der Waals surface area contributed by atoms with Crippen LogP contribution in [0.1, 0.15) is 33.7 Å². The van der Waals surface area contributed by atoms with Crippen LogP contribution >= 0.6 is 0 Å². The summed E-state index contributed by atoms with van der Waals surface area (Å²) in [7, 11) is 0. The van der Waals surface area contributed by atoms with Crippen molar-refractivity contribution in [2.75, 3.05) is 13.1 Å². The van der Waals surface area contributed by atoms with Crippen molar-refractivity contribution in [2.24, 2.45) is 0 Å². The van der Waals surface area contributed by atoms with Gasteiger partial charge in [-0.2, -0.15) is 18.3 Å². The van der Waals surface area contributed by atoms with E-state index in [2.05, 4.69) is 15.1 Å². The number of carbonyl (C=O) groups excluding carboxylic acids is 1. The fraction of sp³-hybridized carbons (Fsp3) is 0.429. The third-order valence-electron chi connectivity index (χ3n) is 3.70. The largest absolute Gasteiger partial charge is 0.433 e. The standard InChI is InChI=1S/C14H14F3N5O/c1-8-19-9(2)22(20-8)11-6-21(7-11)13(23)10-3-4-12(18-5-10)14(15,16)17/h3-5,11H,6-7H2,1-2H3. The molecule has 1 saturated heterocycles. The predicted octanol–water partition coefficient (Wildman–Crippen LogP) is 2.01. The number of halogens is 3. The first-order chi connectivity index (χ1) is 10.8. The summed E-state index contributed by atoms with van der Waals surface area (Å²) >= 11 is 0. The van der Waals surface area contributed by atoms with Gasteiger partial charge in [-0.05, 0) is 26.0 Å². The molecule has 0 saturated carbocycles. The Bertz CT molecular complexity index is 732. The highest BCUT2D eigenvalue weighted by Crippen LogP contribution is 2.28. The summed E-state index contributed by atoms with van der Waals surface area (Å²) in [4.78, 5) is 21.3. The van der Waals surface area contributed by atoms with Gasteiger partial charge in [-0.3, -0.25) is 9.78 Å². The monoisotopic (exact) mass is 325 g/mol. The first kappa shape index (κ1) is 15.4. The van der Waals surface area contributed by atoms with E-state index >= 15 is 0 Å². The van der Waals surface area contributed by atoms with E-state index in [4.69, 9.17) is 0 Å². The molecule has 122 valence electrons. The molecular formula is C14H14F3N5O. The van der Waals surface area contributed by atoms with E-state index in [1.165, 1.54) is 0 Å². The van der Waals surface area contributed by atoms with E-state index in [9.17, 15) is 18.0 Å². The topological polar surface area (TPSA) is 63.9 Å². The lowest BCUT2D eigenvalue weighted by Crippen LogP contribution is -2.51. The van der Waals surface area contributed by atoms with Gasteiger partial charge < -0.3 is 4.90 Å². The summed E-state index contributed by atoms with van der Waals surface area (Å²) in [6, 6.07) is 2.01. The zero-order valence-electron chi connectivity index (χ0n) is 12.5. The van der Waals surface area contributed by atoms with Gasteiger partial charge in [-0.25, -0.2) is 9.67 Å². The van der Waals surface area contributed by atoms with Crippen LogP contribution in [0.4, 0.5) is 13.2 Å². The van der Waals surface area contributed by atoms with Crippen molar-refractivity contribution in [3.05, 3.63) is 41.2 Å². The molecule has 0 spiro atoms. The Balaban J connectivity index is 1.66. The van der Waals surface area contributed by atoms with Crippen LogP contribution in [0.15, 0.2) is 18.3 Å². The predicted molar refractivity (Wildman–Crippen MR) is 73.7 cm³/mol. The van der Waals surface area contributed by atoms with Crippen molar-refractivity contribution >= 4 is 5.91 Å². The van der Waals surface area contributed by atoms with Crippen LogP contribution in [0.3, 0.4) is 0 Å². The van der Waals surface area contributed by atoms with Gasteiger partial charge in [0.15, 0.2) is 0 Å². The zero-order chi connectivity index (χ0) is 16.8. The summed E-state index contributed by atoms with van der Waals surface area (Å²) in [6.07, 6.45) is -3.55. The fourth-order valence-electron chi connectivity index (χ4n) is 2.53. The molecule has 0 unspecified atom stereocenters. The number of aromatic nitrogens is 4. The van der Waals surface area contributed by atoms with Crippen molar-refractivity contribution in [1.29, 1.82) is 0 Å². The van der Waals surface area contributed by atoms with Crippen LogP contribution in [0.5, 0.6) is 0 Å². The quantitative estimate of drug-likeness (QED) is 0.847. The molecule has 3 heterocycles. The van der Waals surface area contributed by atoms with Crippen molar-refractivity contribution in [2.45, 2.75) is 26.1 Å². The Morgan fingerprint density at radius 1 is 1.26 bits per heavy atom. The molecule has 6 nitrogen and oxygen atoms in total. The second-order valence-corrected chi connectivity index (χ2v) is 5.44. The number of pyridine rings is 1. The summed E-state index contributed by atoms with van der Waals surface area (Å²) in [6.45, 7) is 4.52. The first-order valence-electron chi connectivity index (χ1n) is 6.98. The number of hydrogen-bond acceptors (Lipinski definition) is 4. The number of hydrogen-bond donors (Lipinski definition) is 0. The molecule has 1 fully saturated rings. The van der Waals surface area contributed by atoms with E-state index in [1.54, 1.807) is 16.5 Å². The molecule has 0 N–H and O–H groups in total. The molecule has 0 bridgehead atoms. The molecule has 2 aromatic rings. The van der Waals surface area contributed by atoms with Gasteiger partial charge in [0, 0.05) is 19.3 Å². The van der Waals surface area contributed by atoms with Crippen LogP contribution < -0.4 is 0 Å². The molecular weight excluding hydrogens is 311 g/mol. The number of amides is 1. The Hall–Kier alpha value is -2.45. The average Bonchev–Trinajstić information content (AvgIpc) is 2.75. The normalized spacial score (nSPS) is 15.6. The number of rotatable bonds is 2. The smallest absolute Gasteiger partial charge is 0.334 e. The number of aryl methyl sites for hydroxylation is 2. The van der Waals surface area contributed by atoms with E-state index in [0.29, 0.717) is 18.9 Å². The summed E-state index contributed by atoms with van der Waals surface area (Å²) < 4.78 is 39.2. The molecule has 9 heteroatoms. The maximum atomic E-state index is 12.5. The Kier molecular flexibility index (Phi) is 3.57. The van der Waals surface area contributed by atoms with Gasteiger partial charge in [0.1, 0.15) is 17.3 Å². The molecule has 1 aliphatic heterocycles. The SMILES string of the molecule is Cc1nc(C)n(C2CN(C(=O)c3ccc(C(F)(F)F)nc3)C2)n1. The molecule has 3 rings (SSSR count). The van der Waals surface area contributed by atoms with Gasteiger partial charge in [0.2, 0.25) is 0 Å². The lowest BCUT2D eigenvalue weighted by atomic mass is 10.1. The van der Waals surface area contributed by atoms with Crippen LogP contribution in [0, 0.1) is 13.8 Å². The van der Waals surface area contributed by atoms with E-state index < -0.39 is 11.9 Å². The van der Waals surface area contributed by atoms with Crippen LogP contribution in [0.2, 0.25) is 0 Å². The van der Waals surface area contributed by atoms with E-state index in [-0.39, 0.29) is 17.5 Å². The Labute approximate surface area is 130 Å². The molecule has 0 atom stereocenters. The molecule has 2 aromatic heterocycles. The lowest BCUT2D eigenvalue weighted by Gasteiger charge is -2.39. The van der Waals surface area contributed by atoms with Crippen molar-refractivity contribution < 1.29 is 18.0 Å². The third kappa shape index (κ3) is 2.90. The number of nitrogens with zero attached hydrogens (tertiary/aromatic N) is 5. The molecule has 0 aliphatic carbocycles. The van der Waals surface area contributed by atoms with Crippen LogP contribution in [0.25, 0.3) is 0 Å². The van der Waals surface area contributed by atoms with Crippen molar-refractivity contribution in [3.8, 4) is 0 Å². The fourth-order valence-corrected chi connectivity index (χ4v) is 2.53. The van der Waals surface area contributed by atoms with Crippen molar-refractivity contribution in [1.82, 2.24) is 24.6 Å². The minimum atomic E-state index is -4.51. The highest BCUT2D eigenvalue weighted by atomic mass is 19.4.